The van der Waals surface area contributed by atoms with Crippen LogP contribution in [0.1, 0.15) is 19.3 Å². The molecule has 9 heteroatoms. The topological polar surface area (TPSA) is 107 Å². The predicted octanol–water partition coefficient (Wildman–Crippen LogP) is 3.65. The number of ether oxygens (including phenoxy) is 2. The molecule has 0 bridgehead atoms. The number of amides is 1. The number of aliphatic carboxylic acids is 1. The number of carboxylic acid groups (broad SMARTS) is 1. The first-order valence-electron chi connectivity index (χ1n) is 11.5. The number of likely N-dealkylation sites (tertiary alicyclic amines) is 1. The number of piperidine rings is 1. The van der Waals surface area contributed by atoms with Crippen LogP contribution in [0.3, 0.4) is 0 Å². The average molecular weight is 477 g/mol. The zero-order chi connectivity index (χ0) is 24.8. The molecule has 35 heavy (non-hydrogen) atoms. The van der Waals surface area contributed by atoms with Crippen LogP contribution in [0.2, 0.25) is 0 Å². The minimum absolute atomic E-state index is 0.0316. The van der Waals surface area contributed by atoms with Crippen molar-refractivity contribution in [3.63, 3.8) is 0 Å². The molecule has 0 radical (unpaired) electrons. The summed E-state index contributed by atoms with van der Waals surface area (Å²) < 4.78 is 13.4. The van der Waals surface area contributed by atoms with Crippen molar-refractivity contribution in [1.82, 2.24) is 19.9 Å². The molecule has 182 valence electrons. The number of methoxy groups -OCH3 is 1. The Kier molecular flexibility index (Phi) is 7.45. The molecule has 1 aromatic heterocycles. The molecule has 0 saturated carbocycles. The summed E-state index contributed by atoms with van der Waals surface area (Å²) in [5, 5.41) is 17.3. The standard InChI is InChI=1S/C26H28N4O5/c1-3-25(31)29-11-8-20(9-12-29)35-21-15-18(22-6-4-5-7-24(22)34-2)14-19(16-21)23-17-30(28-27-23)13-10-26(32)33/h3-7,14-17,20H,1,8-13H2,2H3,(H,32,33). The van der Waals surface area contributed by atoms with Crippen LogP contribution in [0, 0.1) is 0 Å². The highest BCUT2D eigenvalue weighted by Crippen LogP contribution is 2.36. The van der Waals surface area contributed by atoms with Crippen molar-refractivity contribution in [2.75, 3.05) is 20.2 Å². The van der Waals surface area contributed by atoms with Gasteiger partial charge in [0.25, 0.3) is 0 Å². The van der Waals surface area contributed by atoms with Gasteiger partial charge < -0.3 is 19.5 Å². The lowest BCUT2D eigenvalue weighted by Crippen LogP contribution is -2.41. The highest BCUT2D eigenvalue weighted by Gasteiger charge is 2.23. The summed E-state index contributed by atoms with van der Waals surface area (Å²) in [5.41, 5.74) is 3.22. The zero-order valence-corrected chi connectivity index (χ0v) is 19.6. The summed E-state index contributed by atoms with van der Waals surface area (Å²) in [7, 11) is 1.63. The van der Waals surface area contributed by atoms with E-state index in [4.69, 9.17) is 14.6 Å². The SMILES string of the molecule is C=CC(=O)N1CCC(Oc2cc(-c3cn(CCC(=O)O)nn3)cc(-c3ccccc3OC)c2)CC1. The van der Waals surface area contributed by atoms with Gasteiger partial charge in [0.15, 0.2) is 0 Å². The Balaban J connectivity index is 1.63. The molecule has 0 atom stereocenters. The third-order valence-electron chi connectivity index (χ3n) is 5.94. The summed E-state index contributed by atoms with van der Waals surface area (Å²) in [4.78, 5) is 24.6. The van der Waals surface area contributed by atoms with Gasteiger partial charge in [-0.05, 0) is 35.9 Å². The molecule has 4 rings (SSSR count). The molecular formula is C26H28N4O5. The highest BCUT2D eigenvalue weighted by atomic mass is 16.5. The van der Waals surface area contributed by atoms with E-state index in [1.807, 2.05) is 42.5 Å². The molecule has 1 fully saturated rings. The molecule has 0 unspecified atom stereocenters. The monoisotopic (exact) mass is 476 g/mol. The number of carbonyl (C=O) groups is 2. The lowest BCUT2D eigenvalue weighted by Gasteiger charge is -2.31. The normalized spacial score (nSPS) is 13.9. The number of rotatable bonds is 9. The second-order valence-electron chi connectivity index (χ2n) is 8.30. The Morgan fingerprint density at radius 2 is 1.91 bits per heavy atom. The van der Waals surface area contributed by atoms with Crippen molar-refractivity contribution in [2.45, 2.75) is 31.9 Å². The second kappa shape index (κ2) is 10.9. The van der Waals surface area contributed by atoms with E-state index in [-0.39, 0.29) is 25.0 Å². The predicted molar refractivity (Wildman–Crippen MR) is 130 cm³/mol. The molecular weight excluding hydrogens is 448 g/mol. The fraction of sp³-hybridized carbons (Fsp3) is 0.308. The first kappa shape index (κ1) is 24.0. The van der Waals surface area contributed by atoms with Gasteiger partial charge in [0, 0.05) is 37.1 Å². The number of aryl methyl sites for hydroxylation is 1. The number of benzene rings is 2. The number of nitrogens with zero attached hydrogens (tertiary/aromatic N) is 4. The fourth-order valence-corrected chi connectivity index (χ4v) is 4.12. The van der Waals surface area contributed by atoms with Crippen molar-refractivity contribution in [1.29, 1.82) is 0 Å². The Hall–Kier alpha value is -4.14. The van der Waals surface area contributed by atoms with E-state index in [1.54, 1.807) is 18.2 Å². The van der Waals surface area contributed by atoms with Crippen molar-refractivity contribution < 1.29 is 24.2 Å². The minimum atomic E-state index is -0.892. The molecule has 1 saturated heterocycles. The Bertz CT molecular complexity index is 1210. The molecule has 1 aliphatic rings. The quantitative estimate of drug-likeness (QED) is 0.470. The van der Waals surface area contributed by atoms with Crippen LogP contribution in [0.4, 0.5) is 0 Å². The summed E-state index contributed by atoms with van der Waals surface area (Å²) in [6.45, 7) is 5.03. The Morgan fingerprint density at radius 3 is 2.63 bits per heavy atom. The lowest BCUT2D eigenvalue weighted by atomic mass is 10.00. The van der Waals surface area contributed by atoms with Crippen molar-refractivity contribution in [2.24, 2.45) is 0 Å². The number of carbonyl (C=O) groups excluding carboxylic acids is 1. The highest BCUT2D eigenvalue weighted by molar-refractivity contribution is 5.87. The van der Waals surface area contributed by atoms with Crippen LogP contribution in [0.25, 0.3) is 22.4 Å². The van der Waals surface area contributed by atoms with Crippen molar-refractivity contribution in [3.05, 3.63) is 61.3 Å². The van der Waals surface area contributed by atoms with E-state index < -0.39 is 5.97 Å². The third kappa shape index (κ3) is 5.87. The fourth-order valence-electron chi connectivity index (χ4n) is 4.12. The molecule has 9 nitrogen and oxygen atoms in total. The van der Waals surface area contributed by atoms with Crippen LogP contribution in [0.15, 0.2) is 61.3 Å². The van der Waals surface area contributed by atoms with Gasteiger partial charge in [-0.2, -0.15) is 0 Å². The van der Waals surface area contributed by atoms with Gasteiger partial charge >= 0.3 is 5.97 Å². The van der Waals surface area contributed by atoms with Gasteiger partial charge in [0.2, 0.25) is 5.91 Å². The van der Waals surface area contributed by atoms with Crippen molar-refractivity contribution in [3.8, 4) is 33.9 Å². The van der Waals surface area contributed by atoms with Crippen LogP contribution in [-0.2, 0) is 16.1 Å². The second-order valence-corrected chi connectivity index (χ2v) is 8.30. The molecule has 2 aromatic carbocycles. The molecule has 1 amide bonds. The summed E-state index contributed by atoms with van der Waals surface area (Å²) in [6.07, 6.45) is 4.45. The summed E-state index contributed by atoms with van der Waals surface area (Å²) in [6, 6.07) is 13.6. The smallest absolute Gasteiger partial charge is 0.305 e. The summed E-state index contributed by atoms with van der Waals surface area (Å²) >= 11 is 0. The van der Waals surface area contributed by atoms with Crippen LogP contribution < -0.4 is 9.47 Å². The zero-order valence-electron chi connectivity index (χ0n) is 19.6. The Morgan fingerprint density at radius 1 is 1.17 bits per heavy atom. The lowest BCUT2D eigenvalue weighted by molar-refractivity contribution is -0.137. The van der Waals surface area contributed by atoms with E-state index in [0.29, 0.717) is 24.5 Å². The summed E-state index contributed by atoms with van der Waals surface area (Å²) in [5.74, 6) is 0.459. The molecule has 2 heterocycles. The third-order valence-corrected chi connectivity index (χ3v) is 5.94. The maximum Gasteiger partial charge on any atom is 0.305 e. The van der Waals surface area contributed by atoms with E-state index in [0.717, 1.165) is 35.3 Å². The van der Waals surface area contributed by atoms with Gasteiger partial charge in [0.05, 0.1) is 26.3 Å². The average Bonchev–Trinajstić information content (AvgIpc) is 3.36. The van der Waals surface area contributed by atoms with Gasteiger partial charge in [-0.3, -0.25) is 14.3 Å². The van der Waals surface area contributed by atoms with E-state index in [1.165, 1.54) is 10.8 Å². The maximum atomic E-state index is 11.9. The molecule has 0 spiro atoms. The van der Waals surface area contributed by atoms with Gasteiger partial charge in [-0.15, -0.1) is 5.10 Å². The van der Waals surface area contributed by atoms with Crippen LogP contribution in [-0.4, -0.2) is 63.2 Å². The van der Waals surface area contributed by atoms with Gasteiger partial charge in [-0.25, -0.2) is 0 Å². The molecule has 1 aliphatic heterocycles. The number of para-hydroxylation sites is 1. The number of hydrogen-bond donors (Lipinski definition) is 1. The Labute approximate surface area is 203 Å². The van der Waals surface area contributed by atoms with E-state index >= 15 is 0 Å². The number of aromatic nitrogens is 3. The van der Waals surface area contributed by atoms with E-state index in [2.05, 4.69) is 16.9 Å². The first-order valence-corrected chi connectivity index (χ1v) is 11.5. The molecule has 1 N–H and O–H groups in total. The van der Waals surface area contributed by atoms with Crippen molar-refractivity contribution >= 4 is 11.9 Å². The van der Waals surface area contributed by atoms with Gasteiger partial charge in [-0.1, -0.05) is 30.0 Å². The largest absolute Gasteiger partial charge is 0.496 e. The van der Waals surface area contributed by atoms with Crippen LogP contribution in [0.5, 0.6) is 11.5 Å². The number of hydrogen-bond acceptors (Lipinski definition) is 6. The minimum Gasteiger partial charge on any atom is -0.496 e. The maximum absolute atomic E-state index is 11.9. The first-order chi connectivity index (χ1) is 17.0. The molecule has 0 aliphatic carbocycles. The number of carboxylic acids is 1. The van der Waals surface area contributed by atoms with Gasteiger partial charge in [0.1, 0.15) is 23.3 Å². The molecule has 3 aromatic rings. The van der Waals surface area contributed by atoms with Crippen LogP contribution >= 0.6 is 0 Å². The van der Waals surface area contributed by atoms with E-state index in [9.17, 15) is 9.59 Å².